The number of carbonyl (C=O) groups is 2. The van der Waals surface area contributed by atoms with Gasteiger partial charge in [-0.15, -0.1) is 28.1 Å². The summed E-state index contributed by atoms with van der Waals surface area (Å²) in [6.07, 6.45) is 1.27. The maximum Gasteiger partial charge on any atom is 0.341 e. The summed E-state index contributed by atoms with van der Waals surface area (Å²) >= 11 is 8.80. The Morgan fingerprint density at radius 3 is 2.72 bits per heavy atom. The van der Waals surface area contributed by atoms with Crippen molar-refractivity contribution in [1.29, 1.82) is 0 Å². The molecule has 0 aliphatic rings. The average Bonchev–Trinajstić information content (AvgIpc) is 3.54. The molecule has 8 nitrogen and oxygen atoms in total. The SMILES string of the molecule is C=CCn1c(SCC(=O)Nc2scc(-c3ccccc3)c2C(=O)OC)nnc1C(C)Oc1cc(C)ccc1Cl. The third kappa shape index (κ3) is 6.70. The number of aromatic nitrogens is 3. The highest BCUT2D eigenvalue weighted by atomic mass is 35.5. The first-order valence-electron chi connectivity index (χ1n) is 12.0. The minimum Gasteiger partial charge on any atom is -0.481 e. The maximum absolute atomic E-state index is 12.9. The number of esters is 1. The van der Waals surface area contributed by atoms with Crippen LogP contribution in [-0.2, 0) is 16.1 Å². The number of ether oxygens (including phenoxy) is 2. The Labute approximate surface area is 240 Å². The number of rotatable bonds is 11. The van der Waals surface area contributed by atoms with E-state index in [1.54, 1.807) is 12.1 Å². The van der Waals surface area contributed by atoms with E-state index in [0.717, 1.165) is 11.1 Å². The van der Waals surface area contributed by atoms with E-state index in [-0.39, 0.29) is 11.7 Å². The number of halogens is 1. The number of hydrogen-bond acceptors (Lipinski definition) is 8. The number of thiophene rings is 1. The number of nitrogens with one attached hydrogen (secondary N) is 1. The van der Waals surface area contributed by atoms with Crippen LogP contribution in [0.2, 0.25) is 5.02 Å². The number of hydrogen-bond donors (Lipinski definition) is 1. The standard InChI is InChI=1S/C28H27ClN4O4S2/c1-5-13-33-25(18(3)37-22-14-17(2)11-12-21(22)29)31-32-28(33)39-16-23(34)30-26-24(27(35)36-4)20(15-38-26)19-9-7-6-8-10-19/h5-12,14-15,18H,1,13,16H2,2-4H3,(H,30,34). The van der Waals surface area contributed by atoms with Gasteiger partial charge in [-0.25, -0.2) is 4.79 Å². The first-order chi connectivity index (χ1) is 18.8. The Bertz CT molecular complexity index is 1490. The van der Waals surface area contributed by atoms with Gasteiger partial charge in [-0.3, -0.25) is 9.36 Å². The van der Waals surface area contributed by atoms with Gasteiger partial charge in [0.25, 0.3) is 0 Å². The van der Waals surface area contributed by atoms with Crippen molar-refractivity contribution < 1.29 is 19.1 Å². The summed E-state index contributed by atoms with van der Waals surface area (Å²) in [4.78, 5) is 25.5. The van der Waals surface area contributed by atoms with Gasteiger partial charge in [-0.2, -0.15) is 0 Å². The van der Waals surface area contributed by atoms with E-state index in [0.29, 0.717) is 44.4 Å². The van der Waals surface area contributed by atoms with E-state index in [2.05, 4.69) is 22.1 Å². The van der Waals surface area contributed by atoms with Crippen molar-refractivity contribution in [3.63, 3.8) is 0 Å². The van der Waals surface area contributed by atoms with Gasteiger partial charge in [0.1, 0.15) is 16.3 Å². The zero-order chi connectivity index (χ0) is 27.9. The van der Waals surface area contributed by atoms with Crippen molar-refractivity contribution in [3.8, 4) is 16.9 Å². The van der Waals surface area contributed by atoms with Gasteiger partial charge in [-0.05, 0) is 37.1 Å². The Kier molecular flexibility index (Phi) is 9.45. The Hall–Kier alpha value is -3.60. The number of methoxy groups -OCH3 is 1. The maximum atomic E-state index is 12.9. The molecule has 0 aliphatic heterocycles. The largest absolute Gasteiger partial charge is 0.481 e. The van der Waals surface area contributed by atoms with Gasteiger partial charge in [0, 0.05) is 17.5 Å². The van der Waals surface area contributed by atoms with Crippen LogP contribution in [0.25, 0.3) is 11.1 Å². The van der Waals surface area contributed by atoms with E-state index >= 15 is 0 Å². The number of amides is 1. The molecule has 2 aromatic heterocycles. The summed E-state index contributed by atoms with van der Waals surface area (Å²) in [5, 5.41) is 14.8. The normalized spacial score (nSPS) is 11.6. The summed E-state index contributed by atoms with van der Waals surface area (Å²) in [7, 11) is 1.32. The first-order valence-corrected chi connectivity index (χ1v) is 14.2. The number of aryl methyl sites for hydroxylation is 1. The Morgan fingerprint density at radius 2 is 2.00 bits per heavy atom. The van der Waals surface area contributed by atoms with Crippen LogP contribution in [0.4, 0.5) is 5.00 Å². The first kappa shape index (κ1) is 28.4. The minimum absolute atomic E-state index is 0.0490. The minimum atomic E-state index is -0.517. The average molecular weight is 583 g/mol. The highest BCUT2D eigenvalue weighted by Gasteiger charge is 2.24. The molecule has 4 aromatic rings. The molecular formula is C28H27ClN4O4S2. The van der Waals surface area contributed by atoms with Crippen LogP contribution in [0.3, 0.4) is 0 Å². The summed E-state index contributed by atoms with van der Waals surface area (Å²) in [5.74, 6) is 0.369. The van der Waals surface area contributed by atoms with Gasteiger partial charge in [-0.1, -0.05) is 65.8 Å². The second-order valence-corrected chi connectivity index (χ2v) is 10.7. The van der Waals surface area contributed by atoms with E-state index in [1.165, 1.54) is 30.2 Å². The van der Waals surface area contributed by atoms with Crippen molar-refractivity contribution in [3.05, 3.63) is 88.5 Å². The lowest BCUT2D eigenvalue weighted by Gasteiger charge is -2.17. The van der Waals surface area contributed by atoms with Gasteiger partial charge in [0.15, 0.2) is 17.1 Å². The molecule has 0 fully saturated rings. The fourth-order valence-corrected chi connectivity index (χ4v) is 5.72. The molecule has 0 bridgehead atoms. The zero-order valence-electron chi connectivity index (χ0n) is 21.6. The molecule has 1 unspecified atom stereocenters. The summed E-state index contributed by atoms with van der Waals surface area (Å²) in [6, 6.07) is 15.0. The van der Waals surface area contributed by atoms with E-state index < -0.39 is 12.1 Å². The predicted molar refractivity (Wildman–Crippen MR) is 156 cm³/mol. The molecular weight excluding hydrogens is 556 g/mol. The lowest BCUT2D eigenvalue weighted by molar-refractivity contribution is -0.113. The Balaban J connectivity index is 1.48. The van der Waals surface area contributed by atoms with Crippen LogP contribution in [0, 0.1) is 6.92 Å². The Morgan fingerprint density at radius 1 is 1.23 bits per heavy atom. The smallest absolute Gasteiger partial charge is 0.341 e. The predicted octanol–water partition coefficient (Wildman–Crippen LogP) is 6.81. The molecule has 4 rings (SSSR count). The van der Waals surface area contributed by atoms with Crippen LogP contribution in [0.1, 0.15) is 34.8 Å². The number of carbonyl (C=O) groups excluding carboxylic acids is 2. The van der Waals surface area contributed by atoms with E-state index in [1.807, 2.05) is 66.3 Å². The lowest BCUT2D eigenvalue weighted by Crippen LogP contribution is -2.17. The molecule has 11 heteroatoms. The third-order valence-corrected chi connectivity index (χ3v) is 7.84. The molecule has 0 spiro atoms. The molecule has 1 amide bonds. The number of thioether (sulfide) groups is 1. The van der Waals surface area contributed by atoms with Crippen LogP contribution in [0.15, 0.2) is 71.7 Å². The van der Waals surface area contributed by atoms with Crippen molar-refractivity contribution in [2.45, 2.75) is 31.7 Å². The number of allylic oxidation sites excluding steroid dienone is 1. The summed E-state index contributed by atoms with van der Waals surface area (Å²) in [6.45, 7) is 8.08. The monoisotopic (exact) mass is 582 g/mol. The van der Waals surface area contributed by atoms with E-state index in [4.69, 9.17) is 21.1 Å². The molecule has 39 heavy (non-hydrogen) atoms. The van der Waals surface area contributed by atoms with Crippen molar-refractivity contribution in [1.82, 2.24) is 14.8 Å². The van der Waals surface area contributed by atoms with Crippen LogP contribution in [-0.4, -0.2) is 39.5 Å². The number of benzene rings is 2. The topological polar surface area (TPSA) is 95.3 Å². The molecule has 202 valence electrons. The molecule has 1 N–H and O–H groups in total. The highest BCUT2D eigenvalue weighted by Crippen LogP contribution is 2.36. The molecule has 2 heterocycles. The highest BCUT2D eigenvalue weighted by molar-refractivity contribution is 7.99. The van der Waals surface area contributed by atoms with Crippen molar-refractivity contribution in [2.75, 3.05) is 18.2 Å². The summed E-state index contributed by atoms with van der Waals surface area (Å²) in [5.41, 5.74) is 2.91. The molecule has 0 radical (unpaired) electrons. The summed E-state index contributed by atoms with van der Waals surface area (Å²) < 4.78 is 12.9. The van der Waals surface area contributed by atoms with Crippen LogP contribution < -0.4 is 10.1 Å². The molecule has 0 saturated heterocycles. The van der Waals surface area contributed by atoms with Gasteiger partial charge < -0.3 is 14.8 Å². The molecule has 0 saturated carbocycles. The second kappa shape index (κ2) is 13.0. The van der Waals surface area contributed by atoms with Gasteiger partial charge in [0.05, 0.1) is 17.9 Å². The second-order valence-electron chi connectivity index (χ2n) is 8.48. The number of nitrogens with zero attached hydrogens (tertiary/aromatic N) is 3. The fourth-order valence-electron chi connectivity index (χ4n) is 3.83. The fraction of sp³-hybridized carbons (Fsp3) is 0.214. The third-order valence-electron chi connectivity index (χ3n) is 5.66. The van der Waals surface area contributed by atoms with Gasteiger partial charge >= 0.3 is 5.97 Å². The van der Waals surface area contributed by atoms with Crippen LogP contribution >= 0.6 is 34.7 Å². The van der Waals surface area contributed by atoms with Crippen LogP contribution in [0.5, 0.6) is 5.75 Å². The van der Waals surface area contributed by atoms with Gasteiger partial charge in [0.2, 0.25) is 5.91 Å². The van der Waals surface area contributed by atoms with Crippen molar-refractivity contribution in [2.24, 2.45) is 0 Å². The molecule has 1 atom stereocenters. The number of anilines is 1. The zero-order valence-corrected chi connectivity index (χ0v) is 24.0. The van der Waals surface area contributed by atoms with Crippen molar-refractivity contribution >= 4 is 51.6 Å². The van der Waals surface area contributed by atoms with E-state index in [9.17, 15) is 9.59 Å². The lowest BCUT2D eigenvalue weighted by atomic mass is 10.0. The molecule has 2 aromatic carbocycles. The molecule has 0 aliphatic carbocycles. The quantitative estimate of drug-likeness (QED) is 0.118.